The molecule has 2 aromatic rings. The second-order valence-corrected chi connectivity index (χ2v) is 6.74. The summed E-state index contributed by atoms with van der Waals surface area (Å²) < 4.78 is 0. The Hall–Kier alpha value is -0.940. The van der Waals surface area contributed by atoms with Crippen LogP contribution < -0.4 is 5.73 Å². The van der Waals surface area contributed by atoms with E-state index in [0.29, 0.717) is 11.8 Å². The van der Waals surface area contributed by atoms with Gasteiger partial charge in [-0.25, -0.2) is 4.98 Å². The molecule has 1 aliphatic rings. The number of nitrogens with zero attached hydrogens (tertiary/aromatic N) is 2. The smallest absolute Gasteiger partial charge is 0.0926 e. The fraction of sp³-hybridized carbons (Fsp3) is 0.471. The monoisotopic (exact) mass is 337 g/mol. The maximum atomic E-state index is 6.00. The molecule has 0 saturated carbocycles. The fourth-order valence-electron chi connectivity index (χ4n) is 3.22. The average molecular weight is 338 g/mol. The molecule has 1 aromatic heterocycles. The Morgan fingerprint density at radius 1 is 1.27 bits per heavy atom. The molecule has 0 amide bonds. The van der Waals surface area contributed by atoms with E-state index in [4.69, 9.17) is 5.73 Å². The molecule has 1 saturated heterocycles. The summed E-state index contributed by atoms with van der Waals surface area (Å²) in [5.74, 6) is 1.11. The number of nitrogens with two attached hydrogens (primary N) is 1. The van der Waals surface area contributed by atoms with E-state index >= 15 is 0 Å². The Morgan fingerprint density at radius 3 is 2.68 bits per heavy atom. The van der Waals surface area contributed by atoms with Gasteiger partial charge in [-0.2, -0.15) is 0 Å². The van der Waals surface area contributed by atoms with Gasteiger partial charge in [0.15, 0.2) is 0 Å². The second kappa shape index (κ2) is 8.06. The van der Waals surface area contributed by atoms with Gasteiger partial charge in [-0.15, -0.1) is 23.7 Å². The summed E-state index contributed by atoms with van der Waals surface area (Å²) in [6, 6.07) is 10.8. The Labute approximate surface area is 143 Å². The van der Waals surface area contributed by atoms with Crippen molar-refractivity contribution < 1.29 is 0 Å². The number of rotatable bonds is 5. The highest BCUT2D eigenvalue weighted by atomic mass is 35.5. The molecule has 0 radical (unpaired) electrons. The molecule has 0 bridgehead atoms. The van der Waals surface area contributed by atoms with Gasteiger partial charge in [-0.1, -0.05) is 37.3 Å². The van der Waals surface area contributed by atoms with Gasteiger partial charge in [0, 0.05) is 30.9 Å². The standard InChI is InChI=1S/C17H23N3S.ClH/c1-2-17-19-15(12-21-17)10-20-9-14(8-18)16(11-20)13-6-4-3-5-7-13;/h3-7,12,14,16H,2,8-11,18H2,1H3;1H/t14-,16+;/m1./s1. The summed E-state index contributed by atoms with van der Waals surface area (Å²) in [5.41, 5.74) is 8.63. The largest absolute Gasteiger partial charge is 0.330 e. The minimum atomic E-state index is 0. The average Bonchev–Trinajstić information content (AvgIpc) is 3.15. The molecular formula is C17H24ClN3S. The maximum absolute atomic E-state index is 6.00. The van der Waals surface area contributed by atoms with Crippen LogP contribution in [0, 0.1) is 5.92 Å². The Kier molecular flexibility index (Phi) is 6.38. The van der Waals surface area contributed by atoms with Crippen LogP contribution in [0.15, 0.2) is 35.7 Å². The molecule has 2 N–H and O–H groups in total. The van der Waals surface area contributed by atoms with Crippen LogP contribution in [0.1, 0.15) is 29.1 Å². The number of aromatic nitrogens is 1. The van der Waals surface area contributed by atoms with E-state index in [1.54, 1.807) is 11.3 Å². The summed E-state index contributed by atoms with van der Waals surface area (Å²) >= 11 is 1.77. The van der Waals surface area contributed by atoms with Gasteiger partial charge in [0.2, 0.25) is 0 Å². The van der Waals surface area contributed by atoms with E-state index in [0.717, 1.165) is 32.6 Å². The summed E-state index contributed by atoms with van der Waals surface area (Å²) in [6.07, 6.45) is 1.03. The predicted octanol–water partition coefficient (Wildman–Crippen LogP) is 3.30. The lowest BCUT2D eigenvalue weighted by Crippen LogP contribution is -2.23. The van der Waals surface area contributed by atoms with Crippen molar-refractivity contribution in [1.29, 1.82) is 0 Å². The van der Waals surface area contributed by atoms with Gasteiger partial charge in [-0.3, -0.25) is 4.90 Å². The van der Waals surface area contributed by atoms with Crippen molar-refractivity contribution in [3.63, 3.8) is 0 Å². The number of hydrogen-bond donors (Lipinski definition) is 1. The number of halogens is 1. The van der Waals surface area contributed by atoms with E-state index in [1.165, 1.54) is 16.3 Å². The van der Waals surface area contributed by atoms with Gasteiger partial charge < -0.3 is 5.73 Å². The Bertz CT molecular complexity index is 572. The lowest BCUT2D eigenvalue weighted by molar-refractivity contribution is 0.313. The topological polar surface area (TPSA) is 42.2 Å². The third-order valence-electron chi connectivity index (χ3n) is 4.33. The molecule has 5 heteroatoms. The number of thiazole rings is 1. The van der Waals surface area contributed by atoms with E-state index < -0.39 is 0 Å². The third kappa shape index (κ3) is 3.87. The molecule has 3 nitrogen and oxygen atoms in total. The summed E-state index contributed by atoms with van der Waals surface area (Å²) in [5, 5.41) is 3.44. The van der Waals surface area contributed by atoms with Crippen LogP contribution in [-0.2, 0) is 13.0 Å². The molecule has 1 aromatic carbocycles. The first kappa shape index (κ1) is 17.4. The van der Waals surface area contributed by atoms with Crippen LogP contribution in [0.4, 0.5) is 0 Å². The second-order valence-electron chi connectivity index (χ2n) is 5.79. The van der Waals surface area contributed by atoms with E-state index in [2.05, 4.69) is 52.5 Å². The number of aryl methyl sites for hydroxylation is 1. The lowest BCUT2D eigenvalue weighted by atomic mass is 9.89. The molecular weight excluding hydrogens is 314 g/mol. The molecule has 1 aliphatic heterocycles. The molecule has 0 aliphatic carbocycles. The Balaban J connectivity index is 0.00000176. The van der Waals surface area contributed by atoms with E-state index in [9.17, 15) is 0 Å². The first-order valence-electron chi connectivity index (χ1n) is 7.70. The first-order valence-corrected chi connectivity index (χ1v) is 8.58. The van der Waals surface area contributed by atoms with Crippen molar-refractivity contribution in [2.45, 2.75) is 25.8 Å². The number of likely N-dealkylation sites (tertiary alicyclic amines) is 1. The SMILES string of the molecule is CCc1nc(CN2C[C@@H](CN)[C@H](c3ccccc3)C2)cs1.Cl. The van der Waals surface area contributed by atoms with Crippen LogP contribution in [-0.4, -0.2) is 29.5 Å². The zero-order chi connectivity index (χ0) is 14.7. The highest BCUT2D eigenvalue weighted by Gasteiger charge is 2.32. The van der Waals surface area contributed by atoms with E-state index in [-0.39, 0.29) is 12.4 Å². The molecule has 0 unspecified atom stereocenters. The zero-order valence-electron chi connectivity index (χ0n) is 12.9. The van der Waals surface area contributed by atoms with Crippen molar-refractivity contribution >= 4 is 23.7 Å². The molecule has 3 rings (SSSR count). The molecule has 22 heavy (non-hydrogen) atoms. The van der Waals surface area contributed by atoms with Gasteiger partial charge in [0.05, 0.1) is 10.7 Å². The van der Waals surface area contributed by atoms with Crippen LogP contribution in [0.25, 0.3) is 0 Å². The minimum absolute atomic E-state index is 0. The van der Waals surface area contributed by atoms with Crippen molar-refractivity contribution in [2.24, 2.45) is 11.7 Å². The van der Waals surface area contributed by atoms with Gasteiger partial charge in [-0.05, 0) is 24.4 Å². The van der Waals surface area contributed by atoms with Crippen molar-refractivity contribution in [3.05, 3.63) is 52.0 Å². The molecule has 2 atom stereocenters. The fourth-order valence-corrected chi connectivity index (χ4v) is 3.96. The first-order chi connectivity index (χ1) is 10.3. The summed E-state index contributed by atoms with van der Waals surface area (Å²) in [7, 11) is 0. The maximum Gasteiger partial charge on any atom is 0.0926 e. The normalized spacial score (nSPS) is 21.7. The molecule has 0 spiro atoms. The highest BCUT2D eigenvalue weighted by molar-refractivity contribution is 7.09. The van der Waals surface area contributed by atoms with E-state index in [1.807, 2.05) is 0 Å². The lowest BCUT2D eigenvalue weighted by Gasteiger charge is -2.16. The summed E-state index contributed by atoms with van der Waals surface area (Å²) in [6.45, 7) is 6.04. The molecule has 120 valence electrons. The summed E-state index contributed by atoms with van der Waals surface area (Å²) in [4.78, 5) is 7.19. The van der Waals surface area contributed by atoms with Gasteiger partial charge in [0.1, 0.15) is 0 Å². The predicted molar refractivity (Wildman–Crippen MR) is 95.7 cm³/mol. The quantitative estimate of drug-likeness (QED) is 0.910. The van der Waals surface area contributed by atoms with Gasteiger partial charge >= 0.3 is 0 Å². The molecule has 1 fully saturated rings. The molecule has 2 heterocycles. The van der Waals surface area contributed by atoms with Crippen LogP contribution in [0.2, 0.25) is 0 Å². The highest BCUT2D eigenvalue weighted by Crippen LogP contribution is 2.32. The van der Waals surface area contributed by atoms with Gasteiger partial charge in [0.25, 0.3) is 0 Å². The van der Waals surface area contributed by atoms with Crippen LogP contribution in [0.3, 0.4) is 0 Å². The number of hydrogen-bond acceptors (Lipinski definition) is 4. The third-order valence-corrected chi connectivity index (χ3v) is 5.38. The minimum Gasteiger partial charge on any atom is -0.330 e. The van der Waals surface area contributed by atoms with Crippen molar-refractivity contribution in [2.75, 3.05) is 19.6 Å². The Morgan fingerprint density at radius 2 is 2.05 bits per heavy atom. The number of benzene rings is 1. The zero-order valence-corrected chi connectivity index (χ0v) is 14.6. The van der Waals surface area contributed by atoms with Crippen LogP contribution in [0.5, 0.6) is 0 Å². The van der Waals surface area contributed by atoms with Crippen molar-refractivity contribution in [1.82, 2.24) is 9.88 Å². The van der Waals surface area contributed by atoms with Crippen LogP contribution >= 0.6 is 23.7 Å². The van der Waals surface area contributed by atoms with Crippen molar-refractivity contribution in [3.8, 4) is 0 Å².